The minimum atomic E-state index is -0.452. The van der Waals surface area contributed by atoms with Gasteiger partial charge < -0.3 is 10.1 Å². The quantitative estimate of drug-likeness (QED) is 0.281. The first-order chi connectivity index (χ1) is 11.6. The second-order valence-corrected chi connectivity index (χ2v) is 5.54. The minimum absolute atomic E-state index is 0.424. The number of nitrogens with one attached hydrogen (secondary N) is 2. The molecule has 5 nitrogen and oxygen atoms in total. The van der Waals surface area contributed by atoms with Gasteiger partial charge in [-0.1, -0.05) is 23.7 Å². The number of benzene rings is 2. The zero-order chi connectivity index (χ0) is 17.4. The molecule has 0 heterocycles. The van der Waals surface area contributed by atoms with Crippen molar-refractivity contribution in [2.24, 2.45) is 5.10 Å². The van der Waals surface area contributed by atoms with Crippen LogP contribution in [0.15, 0.2) is 53.6 Å². The Morgan fingerprint density at radius 2 is 2.04 bits per heavy atom. The van der Waals surface area contributed by atoms with Gasteiger partial charge in [0.05, 0.1) is 11.8 Å². The number of ether oxygens (including phenoxy) is 1. The van der Waals surface area contributed by atoms with E-state index >= 15 is 0 Å². The molecule has 0 saturated carbocycles. The molecule has 0 saturated heterocycles. The van der Waals surface area contributed by atoms with Gasteiger partial charge in [0.15, 0.2) is 5.11 Å². The predicted octanol–water partition coefficient (Wildman–Crippen LogP) is 3.38. The van der Waals surface area contributed by atoms with E-state index in [1.165, 1.54) is 0 Å². The molecule has 7 heteroatoms. The summed E-state index contributed by atoms with van der Waals surface area (Å²) in [5.74, 6) is -0.0274. The molecule has 2 rings (SSSR count). The third kappa shape index (κ3) is 5.64. The Bertz CT molecular complexity index is 748. The molecule has 0 aliphatic heterocycles. The Morgan fingerprint density at radius 1 is 1.29 bits per heavy atom. The van der Waals surface area contributed by atoms with E-state index in [1.54, 1.807) is 48.7 Å². The van der Waals surface area contributed by atoms with Crippen molar-refractivity contribution in [3.63, 3.8) is 0 Å². The standard InChI is InChI=1S/C17H16ClN3O2S/c1-2-19-17(24)21-20-11-12-4-3-5-15(10-12)23-16(22)13-6-8-14(18)9-7-13/h3-11H,2H2,1H3,(H2,19,21,24)/b20-11-. The van der Waals surface area contributed by atoms with Crippen molar-refractivity contribution in [3.05, 3.63) is 64.7 Å². The molecule has 0 aliphatic rings. The molecule has 0 fully saturated rings. The van der Waals surface area contributed by atoms with Gasteiger partial charge in [-0.2, -0.15) is 5.10 Å². The van der Waals surface area contributed by atoms with Crippen LogP contribution in [-0.4, -0.2) is 23.8 Å². The lowest BCUT2D eigenvalue weighted by Crippen LogP contribution is -2.31. The average molecular weight is 362 g/mol. The fraction of sp³-hybridized carbons (Fsp3) is 0.118. The first-order valence-electron chi connectivity index (χ1n) is 7.23. The smallest absolute Gasteiger partial charge is 0.343 e. The zero-order valence-corrected chi connectivity index (χ0v) is 14.5. The van der Waals surface area contributed by atoms with Gasteiger partial charge in [-0.25, -0.2) is 4.79 Å². The number of hydrazone groups is 1. The van der Waals surface area contributed by atoms with E-state index in [4.69, 9.17) is 28.6 Å². The molecular formula is C17H16ClN3O2S. The van der Waals surface area contributed by atoms with Crippen molar-refractivity contribution in [3.8, 4) is 5.75 Å². The minimum Gasteiger partial charge on any atom is -0.423 e. The van der Waals surface area contributed by atoms with E-state index in [-0.39, 0.29) is 0 Å². The van der Waals surface area contributed by atoms with E-state index in [9.17, 15) is 4.79 Å². The topological polar surface area (TPSA) is 62.7 Å². The lowest BCUT2D eigenvalue weighted by atomic mass is 10.2. The van der Waals surface area contributed by atoms with Crippen LogP contribution in [0, 0.1) is 0 Å². The van der Waals surface area contributed by atoms with Crippen LogP contribution in [0.1, 0.15) is 22.8 Å². The maximum absolute atomic E-state index is 12.1. The van der Waals surface area contributed by atoms with Gasteiger partial charge in [0.1, 0.15) is 5.75 Å². The molecule has 0 aromatic heterocycles. The second kappa shape index (κ2) is 9.00. The van der Waals surface area contributed by atoms with Crippen molar-refractivity contribution >= 4 is 41.1 Å². The number of esters is 1. The molecule has 2 N–H and O–H groups in total. The number of hydrogen-bond acceptors (Lipinski definition) is 4. The predicted molar refractivity (Wildman–Crippen MR) is 99.9 cm³/mol. The number of hydrogen-bond donors (Lipinski definition) is 2. The van der Waals surface area contributed by atoms with Crippen LogP contribution in [0.5, 0.6) is 5.75 Å². The molecule has 2 aromatic carbocycles. The van der Waals surface area contributed by atoms with Gasteiger partial charge in [-0.3, -0.25) is 5.43 Å². The highest BCUT2D eigenvalue weighted by Gasteiger charge is 2.08. The molecule has 0 spiro atoms. The maximum atomic E-state index is 12.1. The molecule has 0 unspecified atom stereocenters. The summed E-state index contributed by atoms with van der Waals surface area (Å²) in [5.41, 5.74) is 3.89. The van der Waals surface area contributed by atoms with Gasteiger partial charge in [0.2, 0.25) is 0 Å². The number of rotatable bonds is 5. The molecule has 2 aromatic rings. The van der Waals surface area contributed by atoms with E-state index in [0.29, 0.717) is 21.4 Å². The van der Waals surface area contributed by atoms with E-state index in [2.05, 4.69) is 15.8 Å². The Labute approximate surface area is 150 Å². The molecular weight excluding hydrogens is 346 g/mol. The molecule has 24 heavy (non-hydrogen) atoms. The monoisotopic (exact) mass is 361 g/mol. The summed E-state index contributed by atoms with van der Waals surface area (Å²) < 4.78 is 5.34. The van der Waals surface area contributed by atoms with Gasteiger partial charge >= 0.3 is 5.97 Å². The van der Waals surface area contributed by atoms with Crippen molar-refractivity contribution < 1.29 is 9.53 Å². The number of nitrogens with zero attached hydrogens (tertiary/aromatic N) is 1. The summed E-state index contributed by atoms with van der Waals surface area (Å²) in [6.07, 6.45) is 1.59. The number of halogens is 1. The summed E-state index contributed by atoms with van der Waals surface area (Å²) in [6.45, 7) is 2.66. The average Bonchev–Trinajstić information content (AvgIpc) is 2.56. The normalized spacial score (nSPS) is 10.4. The third-order valence-electron chi connectivity index (χ3n) is 2.87. The third-order valence-corrected chi connectivity index (χ3v) is 3.35. The highest BCUT2D eigenvalue weighted by atomic mass is 35.5. The van der Waals surface area contributed by atoms with E-state index < -0.39 is 5.97 Å². The molecule has 0 bridgehead atoms. The Hall–Kier alpha value is -2.44. The summed E-state index contributed by atoms with van der Waals surface area (Å²) in [6, 6.07) is 13.5. The molecule has 0 amide bonds. The highest BCUT2D eigenvalue weighted by molar-refractivity contribution is 7.80. The van der Waals surface area contributed by atoms with Crippen LogP contribution < -0.4 is 15.5 Å². The van der Waals surface area contributed by atoms with Gasteiger partial charge in [-0.05, 0) is 61.1 Å². The Morgan fingerprint density at radius 3 is 2.75 bits per heavy atom. The molecule has 0 atom stereocenters. The van der Waals surface area contributed by atoms with Gasteiger partial charge in [0, 0.05) is 11.6 Å². The van der Waals surface area contributed by atoms with E-state index in [1.807, 2.05) is 13.0 Å². The van der Waals surface area contributed by atoms with Crippen LogP contribution in [-0.2, 0) is 0 Å². The van der Waals surface area contributed by atoms with Crippen LogP contribution in [0.25, 0.3) is 0 Å². The van der Waals surface area contributed by atoms with Crippen LogP contribution in [0.2, 0.25) is 5.02 Å². The van der Waals surface area contributed by atoms with E-state index in [0.717, 1.165) is 12.1 Å². The van der Waals surface area contributed by atoms with Gasteiger partial charge in [-0.15, -0.1) is 0 Å². The summed E-state index contributed by atoms with van der Waals surface area (Å²) in [4.78, 5) is 12.1. The first-order valence-corrected chi connectivity index (χ1v) is 8.02. The lowest BCUT2D eigenvalue weighted by Gasteiger charge is -2.05. The van der Waals surface area contributed by atoms with Crippen LogP contribution in [0.3, 0.4) is 0 Å². The number of carbonyl (C=O) groups is 1. The van der Waals surface area contributed by atoms with Crippen molar-refractivity contribution in [1.29, 1.82) is 0 Å². The second-order valence-electron chi connectivity index (χ2n) is 4.70. The van der Waals surface area contributed by atoms with Gasteiger partial charge in [0.25, 0.3) is 0 Å². The number of thiocarbonyl (C=S) groups is 1. The number of carbonyl (C=O) groups excluding carboxylic acids is 1. The van der Waals surface area contributed by atoms with Crippen molar-refractivity contribution in [2.75, 3.05) is 6.54 Å². The summed E-state index contributed by atoms with van der Waals surface area (Å²) >= 11 is 10.8. The molecule has 124 valence electrons. The largest absolute Gasteiger partial charge is 0.423 e. The fourth-order valence-corrected chi connectivity index (χ4v) is 2.10. The fourth-order valence-electron chi connectivity index (χ4n) is 1.78. The maximum Gasteiger partial charge on any atom is 0.343 e. The lowest BCUT2D eigenvalue weighted by molar-refractivity contribution is 0.0735. The highest BCUT2D eigenvalue weighted by Crippen LogP contribution is 2.16. The first kappa shape index (κ1) is 17.9. The molecule has 0 aliphatic carbocycles. The van der Waals surface area contributed by atoms with Crippen LogP contribution >= 0.6 is 23.8 Å². The van der Waals surface area contributed by atoms with Crippen molar-refractivity contribution in [1.82, 2.24) is 10.7 Å². The summed E-state index contributed by atoms with van der Waals surface area (Å²) in [7, 11) is 0. The molecule has 0 radical (unpaired) electrons. The summed E-state index contributed by atoms with van der Waals surface area (Å²) in [5, 5.41) is 7.94. The Kier molecular flexibility index (Phi) is 6.72. The SMILES string of the molecule is CCNC(=S)N/N=C\c1cccc(OC(=O)c2ccc(Cl)cc2)c1. The zero-order valence-electron chi connectivity index (χ0n) is 13.0. The van der Waals surface area contributed by atoms with Crippen LogP contribution in [0.4, 0.5) is 0 Å². The van der Waals surface area contributed by atoms with Crippen molar-refractivity contribution in [2.45, 2.75) is 6.92 Å². The Balaban J connectivity index is 1.99.